The Morgan fingerprint density at radius 2 is 1.84 bits per heavy atom. The number of esters is 1. The molecule has 0 spiro atoms. The molecule has 0 bridgehead atoms. The molecule has 0 amide bonds. The normalized spacial score (nSPS) is 17.9. The summed E-state index contributed by atoms with van der Waals surface area (Å²) in [5, 5.41) is 0. The first-order valence-corrected chi connectivity index (χ1v) is 11.9. The van der Waals surface area contributed by atoms with Crippen molar-refractivity contribution in [3.8, 4) is 0 Å². The van der Waals surface area contributed by atoms with Crippen LogP contribution in [0.25, 0.3) is 11.0 Å². The van der Waals surface area contributed by atoms with Crippen LogP contribution in [0.1, 0.15) is 54.8 Å². The lowest BCUT2D eigenvalue weighted by Crippen LogP contribution is -2.39. The molecule has 2 aromatic carbocycles. The van der Waals surface area contributed by atoms with Crippen LogP contribution < -0.4 is 0 Å². The van der Waals surface area contributed by atoms with Gasteiger partial charge in [0.15, 0.2) is 0 Å². The van der Waals surface area contributed by atoms with Crippen LogP contribution >= 0.6 is 0 Å². The van der Waals surface area contributed by atoms with Crippen LogP contribution in [0.3, 0.4) is 0 Å². The molecule has 1 aliphatic heterocycles. The molecule has 1 atom stereocenters. The maximum atomic E-state index is 13.3. The van der Waals surface area contributed by atoms with Crippen LogP contribution in [0.2, 0.25) is 0 Å². The van der Waals surface area contributed by atoms with Gasteiger partial charge in [-0.15, -0.1) is 0 Å². The van der Waals surface area contributed by atoms with Gasteiger partial charge in [0.05, 0.1) is 28.6 Å². The maximum Gasteiger partial charge on any atom is 0.337 e. The number of hydrogen-bond acceptors (Lipinski definition) is 5. The summed E-state index contributed by atoms with van der Waals surface area (Å²) in [6.45, 7) is 5.10. The maximum absolute atomic E-state index is 13.3. The molecule has 8 heteroatoms. The largest absolute Gasteiger partial charge is 0.465 e. The predicted octanol–water partition coefficient (Wildman–Crippen LogP) is 3.97. The van der Waals surface area contributed by atoms with Gasteiger partial charge >= 0.3 is 5.97 Å². The van der Waals surface area contributed by atoms with Crippen molar-refractivity contribution < 1.29 is 17.9 Å². The second-order valence-electron chi connectivity index (χ2n) is 8.14. The zero-order valence-electron chi connectivity index (χ0n) is 18.0. The third-order valence-electron chi connectivity index (χ3n) is 5.80. The van der Waals surface area contributed by atoms with E-state index in [2.05, 4.69) is 29.2 Å². The van der Waals surface area contributed by atoms with Gasteiger partial charge in [-0.1, -0.05) is 12.1 Å². The van der Waals surface area contributed by atoms with Crippen molar-refractivity contribution in [2.45, 2.75) is 43.5 Å². The van der Waals surface area contributed by atoms with E-state index < -0.39 is 16.0 Å². The Labute approximate surface area is 182 Å². The average molecular weight is 442 g/mol. The number of nitrogens with zero attached hydrogens (tertiary/aromatic N) is 3. The number of piperidine rings is 1. The lowest BCUT2D eigenvalue weighted by Gasteiger charge is -2.32. The van der Waals surface area contributed by atoms with E-state index in [1.54, 1.807) is 4.31 Å². The summed E-state index contributed by atoms with van der Waals surface area (Å²) in [6.07, 6.45) is 1.66. The molecule has 0 saturated carbocycles. The Kier molecular flexibility index (Phi) is 5.85. The number of imidazole rings is 1. The van der Waals surface area contributed by atoms with Crippen molar-refractivity contribution >= 4 is 27.0 Å². The molecule has 31 heavy (non-hydrogen) atoms. The number of rotatable bonds is 5. The second kappa shape index (κ2) is 8.43. The number of carbonyl (C=O) groups is 1. The molecule has 164 valence electrons. The molecule has 0 aliphatic carbocycles. The average Bonchev–Trinajstić information content (AvgIpc) is 3.18. The third kappa shape index (κ3) is 3.97. The molecule has 3 aromatic rings. The summed E-state index contributed by atoms with van der Waals surface area (Å²) in [5.41, 5.74) is 2.33. The molecular formula is C23H27N3O4S. The van der Waals surface area contributed by atoms with E-state index in [4.69, 9.17) is 4.98 Å². The van der Waals surface area contributed by atoms with E-state index in [0.29, 0.717) is 18.7 Å². The number of carbonyl (C=O) groups excluding carboxylic acids is 1. The zero-order valence-corrected chi connectivity index (χ0v) is 18.8. The second-order valence-corrected chi connectivity index (χ2v) is 10.1. The zero-order chi connectivity index (χ0) is 22.2. The van der Waals surface area contributed by atoms with E-state index in [1.807, 2.05) is 18.2 Å². The van der Waals surface area contributed by atoms with Crippen LogP contribution in [-0.4, -0.2) is 48.4 Å². The minimum atomic E-state index is -3.67. The molecule has 0 unspecified atom stereocenters. The molecule has 0 N–H and O–H groups in total. The van der Waals surface area contributed by atoms with Gasteiger partial charge in [-0.2, -0.15) is 4.31 Å². The van der Waals surface area contributed by atoms with Gasteiger partial charge in [-0.05, 0) is 63.1 Å². The minimum absolute atomic E-state index is 0.0210. The van der Waals surface area contributed by atoms with Crippen LogP contribution in [0.5, 0.6) is 0 Å². The number of aromatic nitrogens is 2. The minimum Gasteiger partial charge on any atom is -0.465 e. The van der Waals surface area contributed by atoms with Crippen molar-refractivity contribution in [1.82, 2.24) is 13.9 Å². The number of hydrogen-bond donors (Lipinski definition) is 0. The molecule has 1 saturated heterocycles. The van der Waals surface area contributed by atoms with E-state index >= 15 is 0 Å². The summed E-state index contributed by atoms with van der Waals surface area (Å²) >= 11 is 0. The van der Waals surface area contributed by atoms with Gasteiger partial charge in [0, 0.05) is 25.0 Å². The van der Waals surface area contributed by atoms with Crippen LogP contribution in [0, 0.1) is 0 Å². The summed E-state index contributed by atoms with van der Waals surface area (Å²) in [7, 11) is -2.37. The van der Waals surface area contributed by atoms with Crippen molar-refractivity contribution in [2.24, 2.45) is 0 Å². The van der Waals surface area contributed by atoms with Gasteiger partial charge in [0.2, 0.25) is 10.0 Å². The van der Waals surface area contributed by atoms with Crippen molar-refractivity contribution in [3.05, 3.63) is 59.9 Å². The first-order valence-electron chi connectivity index (χ1n) is 10.5. The van der Waals surface area contributed by atoms with E-state index in [9.17, 15) is 13.2 Å². The van der Waals surface area contributed by atoms with Gasteiger partial charge in [-0.3, -0.25) is 0 Å². The van der Waals surface area contributed by atoms with Crippen LogP contribution in [0.4, 0.5) is 0 Å². The Hall–Kier alpha value is -2.71. The summed E-state index contributed by atoms with van der Waals surface area (Å²) in [5.74, 6) is 0.472. The van der Waals surface area contributed by atoms with E-state index in [1.165, 1.54) is 31.4 Å². The summed E-state index contributed by atoms with van der Waals surface area (Å²) in [6, 6.07) is 14.2. The summed E-state index contributed by atoms with van der Waals surface area (Å²) < 4.78 is 35.0. The van der Waals surface area contributed by atoms with Crippen LogP contribution in [0.15, 0.2) is 53.4 Å². The number of benzene rings is 2. The Balaban J connectivity index is 1.64. The quantitative estimate of drug-likeness (QED) is 0.560. The highest BCUT2D eigenvalue weighted by Crippen LogP contribution is 2.33. The first-order chi connectivity index (χ1) is 14.8. The first kappa shape index (κ1) is 21.5. The fourth-order valence-corrected chi connectivity index (χ4v) is 5.82. The van der Waals surface area contributed by atoms with Crippen molar-refractivity contribution in [3.63, 3.8) is 0 Å². The SMILES string of the molecule is COC(=O)c1ccc(S(=O)(=O)N2CCC[C@@H](c3nc4ccccc4n3C(C)C)C2)cc1. The van der Waals surface area contributed by atoms with Gasteiger partial charge in [0.1, 0.15) is 5.82 Å². The summed E-state index contributed by atoms with van der Waals surface area (Å²) in [4.78, 5) is 16.7. The molecule has 1 fully saturated rings. The highest BCUT2D eigenvalue weighted by atomic mass is 32.2. The Morgan fingerprint density at radius 3 is 2.52 bits per heavy atom. The Bertz CT molecular complexity index is 1200. The standard InChI is InChI=1S/C23H27N3O4S/c1-16(2)26-21-9-5-4-8-20(21)24-22(26)18-7-6-14-25(15-18)31(28,29)19-12-10-17(11-13-19)23(27)30-3/h4-5,8-13,16,18H,6-7,14-15H2,1-3H3/t18-/m1/s1. The highest BCUT2D eigenvalue weighted by Gasteiger charge is 2.33. The monoisotopic (exact) mass is 441 g/mol. The van der Waals surface area contributed by atoms with Crippen LogP contribution in [-0.2, 0) is 14.8 Å². The molecule has 7 nitrogen and oxygen atoms in total. The topological polar surface area (TPSA) is 81.5 Å². The lowest BCUT2D eigenvalue weighted by atomic mass is 9.98. The molecule has 2 heterocycles. The number of para-hydroxylation sites is 2. The lowest BCUT2D eigenvalue weighted by molar-refractivity contribution is 0.0600. The van der Waals surface area contributed by atoms with Gasteiger partial charge in [0.25, 0.3) is 0 Å². The third-order valence-corrected chi connectivity index (χ3v) is 7.68. The van der Waals surface area contributed by atoms with E-state index in [-0.39, 0.29) is 16.9 Å². The molecule has 1 aliphatic rings. The number of fused-ring (bicyclic) bond motifs is 1. The van der Waals surface area contributed by atoms with Crippen molar-refractivity contribution in [2.75, 3.05) is 20.2 Å². The Morgan fingerprint density at radius 1 is 1.13 bits per heavy atom. The predicted molar refractivity (Wildman–Crippen MR) is 119 cm³/mol. The number of ether oxygens (including phenoxy) is 1. The van der Waals surface area contributed by atoms with E-state index in [0.717, 1.165) is 29.7 Å². The fourth-order valence-electron chi connectivity index (χ4n) is 4.30. The highest BCUT2D eigenvalue weighted by molar-refractivity contribution is 7.89. The smallest absolute Gasteiger partial charge is 0.337 e. The molecule has 1 aromatic heterocycles. The van der Waals surface area contributed by atoms with Gasteiger partial charge in [-0.25, -0.2) is 18.2 Å². The molecular weight excluding hydrogens is 414 g/mol. The number of methoxy groups -OCH3 is 1. The number of sulfonamides is 1. The van der Waals surface area contributed by atoms with Gasteiger partial charge < -0.3 is 9.30 Å². The molecule has 4 rings (SSSR count). The fraction of sp³-hybridized carbons (Fsp3) is 0.391. The molecule has 0 radical (unpaired) electrons. The van der Waals surface area contributed by atoms with Crippen molar-refractivity contribution in [1.29, 1.82) is 0 Å².